The van der Waals surface area contributed by atoms with Crippen LogP contribution in [0.4, 0.5) is 23.1 Å². The number of hydrogen-bond acceptors (Lipinski definition) is 9. The maximum absolute atomic E-state index is 12.9. The first kappa shape index (κ1) is 27.1. The van der Waals surface area contributed by atoms with Gasteiger partial charge in [-0.2, -0.15) is 9.97 Å². The quantitative estimate of drug-likeness (QED) is 0.274. The number of carbonyl (C=O) groups is 2. The molecule has 2 aromatic carbocycles. The average Bonchev–Trinajstić information content (AvgIpc) is 3.38. The van der Waals surface area contributed by atoms with Crippen LogP contribution in [0.1, 0.15) is 42.5 Å². The van der Waals surface area contributed by atoms with Gasteiger partial charge >= 0.3 is 0 Å². The minimum absolute atomic E-state index is 0.150. The van der Waals surface area contributed by atoms with E-state index >= 15 is 0 Å². The van der Waals surface area contributed by atoms with Gasteiger partial charge in [0.15, 0.2) is 5.82 Å². The van der Waals surface area contributed by atoms with Crippen LogP contribution in [0.25, 0.3) is 0 Å². The molecule has 0 atom stereocenters. The smallest absolute Gasteiger partial charge is 0.255 e. The van der Waals surface area contributed by atoms with E-state index in [1.54, 1.807) is 60.7 Å². The lowest BCUT2D eigenvalue weighted by Crippen LogP contribution is -2.15. The van der Waals surface area contributed by atoms with Crippen molar-refractivity contribution in [1.82, 2.24) is 15.1 Å². The molecule has 202 valence electrons. The van der Waals surface area contributed by atoms with Crippen molar-refractivity contribution in [2.45, 2.75) is 32.6 Å². The van der Waals surface area contributed by atoms with Crippen LogP contribution in [0.15, 0.2) is 65.2 Å². The minimum Gasteiger partial charge on any atom is -0.481 e. The summed E-state index contributed by atoms with van der Waals surface area (Å²) in [5.74, 6) is 1.49. The van der Waals surface area contributed by atoms with Crippen molar-refractivity contribution in [3.05, 3.63) is 77.6 Å². The fourth-order valence-corrected chi connectivity index (χ4v) is 3.51. The van der Waals surface area contributed by atoms with Crippen LogP contribution < -0.4 is 25.4 Å². The molecule has 11 heteroatoms. The number of rotatable bonds is 9. The summed E-state index contributed by atoms with van der Waals surface area (Å²) in [6.45, 7) is 6.01. The molecule has 0 aliphatic carbocycles. The van der Waals surface area contributed by atoms with E-state index in [2.05, 4.69) is 31.1 Å². The predicted octanol–water partition coefficient (Wildman–Crippen LogP) is 4.96. The van der Waals surface area contributed by atoms with Crippen LogP contribution in [0, 0.1) is 0 Å². The van der Waals surface area contributed by atoms with Crippen LogP contribution >= 0.6 is 0 Å². The molecule has 0 bridgehead atoms. The van der Waals surface area contributed by atoms with Gasteiger partial charge in [0.05, 0.1) is 26.7 Å². The van der Waals surface area contributed by atoms with E-state index in [4.69, 9.17) is 14.0 Å². The molecule has 2 amide bonds. The van der Waals surface area contributed by atoms with E-state index in [9.17, 15) is 9.59 Å². The fraction of sp³-hybridized carbons (Fsp3) is 0.250. The first-order chi connectivity index (χ1) is 18.6. The van der Waals surface area contributed by atoms with Crippen molar-refractivity contribution in [1.29, 1.82) is 0 Å². The van der Waals surface area contributed by atoms with E-state index in [0.29, 0.717) is 40.3 Å². The van der Waals surface area contributed by atoms with Crippen LogP contribution in [-0.4, -0.2) is 41.2 Å². The van der Waals surface area contributed by atoms with Gasteiger partial charge in [0.2, 0.25) is 23.6 Å². The number of anilines is 4. The standard InChI is InChI=1S/C28H30N6O5/c1-28(2,3)21-15-22(34-39-21)31-23(35)13-17-9-11-19(12-10-17)29-26(36)18-7-6-8-20(14-18)30-27-32-24(37-4)16-25(33-27)38-5/h6-12,14-16H,13H2,1-5H3,(H,29,36)(H,30,32,33)(H,31,34,35). The van der Waals surface area contributed by atoms with Crippen molar-refractivity contribution >= 4 is 35.0 Å². The Morgan fingerprint density at radius 1 is 0.872 bits per heavy atom. The molecule has 11 nitrogen and oxygen atoms in total. The summed E-state index contributed by atoms with van der Waals surface area (Å²) < 4.78 is 15.6. The summed E-state index contributed by atoms with van der Waals surface area (Å²) in [7, 11) is 3.00. The second kappa shape index (κ2) is 11.6. The summed E-state index contributed by atoms with van der Waals surface area (Å²) >= 11 is 0. The number of nitrogens with zero attached hydrogens (tertiary/aromatic N) is 3. The summed E-state index contributed by atoms with van der Waals surface area (Å²) in [6, 6.07) is 17.2. The van der Waals surface area contributed by atoms with E-state index in [-0.39, 0.29) is 29.6 Å². The Morgan fingerprint density at radius 2 is 1.56 bits per heavy atom. The van der Waals surface area contributed by atoms with Gasteiger partial charge in [0.25, 0.3) is 5.91 Å². The molecule has 3 N–H and O–H groups in total. The third kappa shape index (κ3) is 7.31. The highest BCUT2D eigenvalue weighted by Gasteiger charge is 2.20. The fourth-order valence-electron chi connectivity index (χ4n) is 3.51. The molecule has 0 saturated carbocycles. The monoisotopic (exact) mass is 530 g/mol. The molecule has 0 aliphatic rings. The molecule has 4 rings (SSSR count). The highest BCUT2D eigenvalue weighted by molar-refractivity contribution is 6.04. The molecule has 2 aromatic heterocycles. The van der Waals surface area contributed by atoms with Gasteiger partial charge in [-0.25, -0.2) is 0 Å². The summed E-state index contributed by atoms with van der Waals surface area (Å²) in [5.41, 5.74) is 2.22. The molecule has 0 radical (unpaired) electrons. The first-order valence-electron chi connectivity index (χ1n) is 12.1. The SMILES string of the molecule is COc1cc(OC)nc(Nc2cccc(C(=O)Nc3ccc(CC(=O)Nc4cc(C(C)(C)C)on4)cc3)c2)n1. The number of aromatic nitrogens is 3. The summed E-state index contributed by atoms with van der Waals surface area (Å²) in [5, 5.41) is 12.6. The van der Waals surface area contributed by atoms with Crippen molar-refractivity contribution in [3.63, 3.8) is 0 Å². The highest BCUT2D eigenvalue weighted by Crippen LogP contribution is 2.25. The van der Waals surface area contributed by atoms with Gasteiger partial charge in [-0.3, -0.25) is 9.59 Å². The van der Waals surface area contributed by atoms with Crippen LogP contribution in [0.2, 0.25) is 0 Å². The summed E-state index contributed by atoms with van der Waals surface area (Å²) in [6.07, 6.45) is 0.150. The third-order valence-corrected chi connectivity index (χ3v) is 5.57. The van der Waals surface area contributed by atoms with Crippen LogP contribution in [0.5, 0.6) is 11.8 Å². The Bertz CT molecular complexity index is 1440. The van der Waals surface area contributed by atoms with Gasteiger partial charge < -0.3 is 29.9 Å². The average molecular weight is 531 g/mol. The lowest BCUT2D eigenvalue weighted by molar-refractivity contribution is -0.115. The Hall–Kier alpha value is -4.93. The van der Waals surface area contributed by atoms with Gasteiger partial charge in [0, 0.05) is 28.4 Å². The van der Waals surface area contributed by atoms with Gasteiger partial charge in [0.1, 0.15) is 5.76 Å². The van der Waals surface area contributed by atoms with Crippen LogP contribution in [-0.2, 0) is 16.6 Å². The zero-order valence-electron chi connectivity index (χ0n) is 22.4. The van der Waals surface area contributed by atoms with Crippen molar-refractivity contribution in [3.8, 4) is 11.8 Å². The van der Waals surface area contributed by atoms with E-state index in [1.807, 2.05) is 20.8 Å². The molecule has 0 fully saturated rings. The Labute approximate surface area is 225 Å². The molecule has 0 spiro atoms. The molecule has 4 aromatic rings. The molecule has 2 heterocycles. The number of amides is 2. The largest absolute Gasteiger partial charge is 0.481 e. The lowest BCUT2D eigenvalue weighted by Gasteiger charge is -2.12. The maximum Gasteiger partial charge on any atom is 0.255 e. The topological polar surface area (TPSA) is 140 Å². The van der Waals surface area contributed by atoms with Crippen LogP contribution in [0.3, 0.4) is 0 Å². The van der Waals surface area contributed by atoms with Gasteiger partial charge in [-0.1, -0.05) is 44.1 Å². The lowest BCUT2D eigenvalue weighted by atomic mass is 9.93. The predicted molar refractivity (Wildman–Crippen MR) is 147 cm³/mol. The number of benzene rings is 2. The normalized spacial score (nSPS) is 11.0. The van der Waals surface area contributed by atoms with Gasteiger partial charge in [-0.15, -0.1) is 0 Å². The number of hydrogen-bond donors (Lipinski definition) is 3. The second-order valence-corrected chi connectivity index (χ2v) is 9.68. The number of ether oxygens (including phenoxy) is 2. The highest BCUT2D eigenvalue weighted by atomic mass is 16.5. The van der Waals surface area contributed by atoms with Gasteiger partial charge in [-0.05, 0) is 35.9 Å². The first-order valence-corrected chi connectivity index (χ1v) is 12.1. The zero-order chi connectivity index (χ0) is 28.0. The van der Waals surface area contributed by atoms with E-state index in [1.165, 1.54) is 14.2 Å². The number of nitrogens with one attached hydrogen (secondary N) is 3. The Kier molecular flexibility index (Phi) is 8.09. The number of carbonyl (C=O) groups excluding carboxylic acids is 2. The third-order valence-electron chi connectivity index (χ3n) is 5.57. The molecule has 0 saturated heterocycles. The molecular weight excluding hydrogens is 500 g/mol. The Morgan fingerprint density at radius 3 is 2.18 bits per heavy atom. The van der Waals surface area contributed by atoms with E-state index < -0.39 is 0 Å². The van der Waals surface area contributed by atoms with Crippen molar-refractivity contribution < 1.29 is 23.6 Å². The molecular formula is C28H30N6O5. The maximum atomic E-state index is 12.9. The van der Waals surface area contributed by atoms with Crippen molar-refractivity contribution in [2.24, 2.45) is 0 Å². The second-order valence-electron chi connectivity index (χ2n) is 9.68. The Balaban J connectivity index is 1.35. The minimum atomic E-state index is -0.297. The molecule has 0 aliphatic heterocycles. The number of methoxy groups -OCH3 is 2. The van der Waals surface area contributed by atoms with Crippen molar-refractivity contribution in [2.75, 3.05) is 30.2 Å². The molecule has 39 heavy (non-hydrogen) atoms. The zero-order valence-corrected chi connectivity index (χ0v) is 22.4. The summed E-state index contributed by atoms with van der Waals surface area (Å²) in [4.78, 5) is 33.8. The van der Waals surface area contributed by atoms with E-state index in [0.717, 1.165) is 5.56 Å². The molecule has 0 unspecified atom stereocenters.